The molecule has 108 valence electrons. The minimum atomic E-state index is -0.424. The molecule has 1 aliphatic carbocycles. The molecule has 19 heavy (non-hydrogen) atoms. The van der Waals surface area contributed by atoms with Crippen molar-refractivity contribution in [2.24, 2.45) is 11.7 Å². The molecule has 1 aliphatic rings. The van der Waals surface area contributed by atoms with Gasteiger partial charge in [0.2, 0.25) is 11.7 Å². The van der Waals surface area contributed by atoms with Gasteiger partial charge in [0.15, 0.2) is 0 Å². The Morgan fingerprint density at radius 2 is 2.32 bits per heavy atom. The van der Waals surface area contributed by atoms with Gasteiger partial charge in [-0.15, -0.1) is 0 Å². The highest BCUT2D eigenvalue weighted by molar-refractivity contribution is 5.05. The van der Waals surface area contributed by atoms with Gasteiger partial charge in [-0.3, -0.25) is 0 Å². The van der Waals surface area contributed by atoms with Crippen LogP contribution in [0, 0.1) is 5.92 Å². The van der Waals surface area contributed by atoms with Crippen LogP contribution in [0.25, 0.3) is 0 Å². The van der Waals surface area contributed by atoms with Gasteiger partial charge in [0.05, 0.1) is 6.61 Å². The molecule has 0 saturated heterocycles. The van der Waals surface area contributed by atoms with Gasteiger partial charge in [0, 0.05) is 14.2 Å². The standard InChI is InChI=1S/C13H23N3O3/c1-9-5-4-6-13(7-9,18-3)12-15-11(19-16-12)10(14)8-17-2/h9-10H,4-8,14H2,1-3H3. The minimum Gasteiger partial charge on any atom is -0.383 e. The Labute approximate surface area is 113 Å². The summed E-state index contributed by atoms with van der Waals surface area (Å²) in [7, 11) is 3.31. The van der Waals surface area contributed by atoms with Gasteiger partial charge in [0.25, 0.3) is 0 Å². The first-order chi connectivity index (χ1) is 9.11. The van der Waals surface area contributed by atoms with Crippen molar-refractivity contribution in [2.45, 2.75) is 44.2 Å². The first-order valence-corrected chi connectivity index (χ1v) is 6.75. The molecule has 0 spiro atoms. The first kappa shape index (κ1) is 14.4. The van der Waals surface area contributed by atoms with E-state index in [9.17, 15) is 0 Å². The molecule has 1 aromatic heterocycles. The molecule has 0 radical (unpaired) electrons. The highest BCUT2D eigenvalue weighted by atomic mass is 16.5. The zero-order valence-electron chi connectivity index (χ0n) is 11.9. The smallest absolute Gasteiger partial charge is 0.246 e. The second-order valence-electron chi connectivity index (χ2n) is 5.42. The van der Waals surface area contributed by atoms with Crippen LogP contribution in [-0.2, 0) is 15.1 Å². The van der Waals surface area contributed by atoms with Crippen LogP contribution in [0.3, 0.4) is 0 Å². The number of ether oxygens (including phenoxy) is 2. The zero-order valence-corrected chi connectivity index (χ0v) is 11.9. The summed E-state index contributed by atoms with van der Waals surface area (Å²) in [5, 5.41) is 4.07. The van der Waals surface area contributed by atoms with Gasteiger partial charge >= 0.3 is 0 Å². The largest absolute Gasteiger partial charge is 0.383 e. The number of nitrogens with zero attached hydrogens (tertiary/aromatic N) is 2. The van der Waals surface area contributed by atoms with Crippen LogP contribution < -0.4 is 5.73 Å². The second kappa shape index (κ2) is 5.98. The van der Waals surface area contributed by atoms with Gasteiger partial charge in [-0.2, -0.15) is 4.98 Å². The predicted molar refractivity (Wildman–Crippen MR) is 69.4 cm³/mol. The molecule has 0 bridgehead atoms. The van der Waals surface area contributed by atoms with Crippen LogP contribution in [0.1, 0.15) is 50.4 Å². The summed E-state index contributed by atoms with van der Waals surface area (Å²) < 4.78 is 16.0. The van der Waals surface area contributed by atoms with Crippen molar-refractivity contribution in [3.63, 3.8) is 0 Å². The highest BCUT2D eigenvalue weighted by Gasteiger charge is 2.41. The Bertz CT molecular complexity index is 410. The van der Waals surface area contributed by atoms with E-state index >= 15 is 0 Å². The number of methoxy groups -OCH3 is 2. The summed E-state index contributed by atoms with van der Waals surface area (Å²) in [5.74, 6) is 1.62. The third kappa shape index (κ3) is 2.96. The summed E-state index contributed by atoms with van der Waals surface area (Å²) in [4.78, 5) is 4.42. The summed E-state index contributed by atoms with van der Waals surface area (Å²) in [6, 6.07) is -0.388. The summed E-state index contributed by atoms with van der Waals surface area (Å²) in [5.41, 5.74) is 5.47. The maximum atomic E-state index is 5.90. The van der Waals surface area contributed by atoms with Crippen LogP contribution in [0.2, 0.25) is 0 Å². The zero-order chi connectivity index (χ0) is 13.9. The van der Waals surface area contributed by atoms with E-state index in [-0.39, 0.29) is 6.04 Å². The number of hydrogen-bond acceptors (Lipinski definition) is 6. The molecular formula is C13H23N3O3. The molecule has 1 saturated carbocycles. The maximum absolute atomic E-state index is 5.90. The molecule has 0 aliphatic heterocycles. The summed E-state index contributed by atoms with van der Waals surface area (Å²) in [6.07, 6.45) is 4.18. The van der Waals surface area contributed by atoms with Crippen LogP contribution in [0.15, 0.2) is 4.52 Å². The fraction of sp³-hybridized carbons (Fsp3) is 0.846. The third-order valence-electron chi connectivity index (χ3n) is 3.86. The Kier molecular flexibility index (Phi) is 4.54. The molecule has 0 aromatic carbocycles. The topological polar surface area (TPSA) is 83.4 Å². The highest BCUT2D eigenvalue weighted by Crippen LogP contribution is 2.41. The van der Waals surface area contributed by atoms with Crippen molar-refractivity contribution in [3.05, 3.63) is 11.7 Å². The molecule has 6 heteroatoms. The fourth-order valence-corrected chi connectivity index (χ4v) is 2.80. The van der Waals surface area contributed by atoms with Gasteiger partial charge in [-0.05, 0) is 25.2 Å². The molecular weight excluding hydrogens is 246 g/mol. The Morgan fingerprint density at radius 3 is 2.95 bits per heavy atom. The minimum absolute atomic E-state index is 0.359. The SMILES string of the molecule is COCC(N)c1nc(C2(OC)CCCC(C)C2)no1. The number of nitrogens with two attached hydrogens (primary N) is 1. The van der Waals surface area contributed by atoms with Crippen LogP contribution in [0.5, 0.6) is 0 Å². The Morgan fingerprint density at radius 1 is 1.53 bits per heavy atom. The molecule has 1 heterocycles. The van der Waals surface area contributed by atoms with E-state index in [0.717, 1.165) is 19.3 Å². The monoisotopic (exact) mass is 269 g/mol. The van der Waals surface area contributed by atoms with Crippen molar-refractivity contribution in [1.29, 1.82) is 0 Å². The lowest BCUT2D eigenvalue weighted by Crippen LogP contribution is -2.35. The Balaban J connectivity index is 2.19. The molecule has 2 N–H and O–H groups in total. The number of rotatable bonds is 5. The van der Waals surface area contributed by atoms with E-state index < -0.39 is 5.60 Å². The van der Waals surface area contributed by atoms with Gasteiger partial charge in [-0.1, -0.05) is 18.5 Å². The first-order valence-electron chi connectivity index (χ1n) is 6.75. The molecule has 3 unspecified atom stereocenters. The normalized spacial score (nSPS) is 29.4. The molecule has 2 rings (SSSR count). The Hall–Kier alpha value is -0.980. The molecule has 1 aromatic rings. The van der Waals surface area contributed by atoms with E-state index in [4.69, 9.17) is 19.7 Å². The van der Waals surface area contributed by atoms with Crippen LogP contribution in [-0.4, -0.2) is 31.0 Å². The van der Waals surface area contributed by atoms with E-state index in [1.165, 1.54) is 6.42 Å². The lowest BCUT2D eigenvalue weighted by atomic mass is 9.78. The second-order valence-corrected chi connectivity index (χ2v) is 5.42. The molecule has 6 nitrogen and oxygen atoms in total. The summed E-state index contributed by atoms with van der Waals surface area (Å²) in [6.45, 7) is 2.59. The van der Waals surface area contributed by atoms with Crippen molar-refractivity contribution < 1.29 is 14.0 Å². The van der Waals surface area contributed by atoms with E-state index in [1.54, 1.807) is 14.2 Å². The predicted octanol–water partition coefficient (Wildman–Crippen LogP) is 1.77. The van der Waals surface area contributed by atoms with E-state index in [0.29, 0.717) is 24.2 Å². The number of hydrogen-bond donors (Lipinski definition) is 1. The van der Waals surface area contributed by atoms with Crippen molar-refractivity contribution in [3.8, 4) is 0 Å². The van der Waals surface area contributed by atoms with Gasteiger partial charge in [0.1, 0.15) is 11.6 Å². The molecule has 0 amide bonds. The number of aromatic nitrogens is 2. The van der Waals surface area contributed by atoms with Crippen LogP contribution >= 0.6 is 0 Å². The van der Waals surface area contributed by atoms with Gasteiger partial charge in [-0.25, -0.2) is 0 Å². The fourth-order valence-electron chi connectivity index (χ4n) is 2.80. The van der Waals surface area contributed by atoms with Crippen molar-refractivity contribution in [2.75, 3.05) is 20.8 Å². The van der Waals surface area contributed by atoms with Crippen LogP contribution in [0.4, 0.5) is 0 Å². The van der Waals surface area contributed by atoms with Gasteiger partial charge < -0.3 is 19.7 Å². The third-order valence-corrected chi connectivity index (χ3v) is 3.86. The lowest BCUT2D eigenvalue weighted by Gasteiger charge is -2.36. The lowest BCUT2D eigenvalue weighted by molar-refractivity contribution is -0.0658. The molecule has 3 atom stereocenters. The summed E-state index contributed by atoms with van der Waals surface area (Å²) >= 11 is 0. The molecule has 1 fully saturated rings. The van der Waals surface area contributed by atoms with E-state index in [1.807, 2.05) is 0 Å². The van der Waals surface area contributed by atoms with Crippen molar-refractivity contribution in [1.82, 2.24) is 10.1 Å². The van der Waals surface area contributed by atoms with E-state index in [2.05, 4.69) is 17.1 Å². The average Bonchev–Trinajstić information content (AvgIpc) is 2.89. The van der Waals surface area contributed by atoms with Crippen molar-refractivity contribution >= 4 is 0 Å². The quantitative estimate of drug-likeness (QED) is 0.877. The average molecular weight is 269 g/mol. The maximum Gasteiger partial charge on any atom is 0.246 e.